The van der Waals surface area contributed by atoms with Gasteiger partial charge in [-0.15, -0.1) is 6.58 Å². The van der Waals surface area contributed by atoms with Crippen molar-refractivity contribution < 1.29 is 14.3 Å². The second-order valence-electron chi connectivity index (χ2n) is 8.06. The lowest BCUT2D eigenvalue weighted by molar-refractivity contribution is -0.128. The van der Waals surface area contributed by atoms with Crippen molar-refractivity contribution >= 4 is 5.91 Å². The lowest BCUT2D eigenvalue weighted by atomic mass is 10.0. The quantitative estimate of drug-likeness (QED) is 0.419. The van der Waals surface area contributed by atoms with Crippen molar-refractivity contribution in [3.8, 4) is 5.75 Å². The maximum absolute atomic E-state index is 12.6. The molecule has 0 radical (unpaired) electrons. The number of likely N-dealkylation sites (tertiary alicyclic amines) is 1. The Labute approximate surface area is 190 Å². The molecule has 32 heavy (non-hydrogen) atoms. The first-order valence-corrected chi connectivity index (χ1v) is 11.0. The Morgan fingerprint density at radius 1 is 0.844 bits per heavy atom. The van der Waals surface area contributed by atoms with Gasteiger partial charge in [-0.25, -0.2) is 0 Å². The van der Waals surface area contributed by atoms with Gasteiger partial charge in [0.15, 0.2) is 0 Å². The molecule has 2 atom stereocenters. The summed E-state index contributed by atoms with van der Waals surface area (Å²) >= 11 is 0. The van der Waals surface area contributed by atoms with Crippen LogP contribution in [-0.4, -0.2) is 29.5 Å². The SMILES string of the molecule is C=CCN1C(=O)C[C@H](OCc2ccccc2)[C@H]1Cc1ccc(OCc2ccccc2)cc1. The fraction of sp³-hybridized carbons (Fsp3) is 0.250. The molecule has 0 unspecified atom stereocenters. The molecule has 1 aliphatic rings. The van der Waals surface area contributed by atoms with E-state index < -0.39 is 0 Å². The molecule has 0 aromatic heterocycles. The highest BCUT2D eigenvalue weighted by atomic mass is 16.5. The van der Waals surface area contributed by atoms with E-state index in [1.54, 1.807) is 6.08 Å². The standard InChI is InChI=1S/C28H29NO3/c1-2-17-29-26(27(19-28(29)30)32-21-24-11-7-4-8-12-24)18-22-13-15-25(16-14-22)31-20-23-9-5-3-6-10-23/h2-16,26-27H,1,17-21H2/t26-,27+/m1/s1. The smallest absolute Gasteiger partial charge is 0.225 e. The molecular weight excluding hydrogens is 398 g/mol. The number of benzene rings is 3. The summed E-state index contributed by atoms with van der Waals surface area (Å²) in [6.45, 7) is 5.40. The van der Waals surface area contributed by atoms with Crippen molar-refractivity contribution in [2.24, 2.45) is 0 Å². The topological polar surface area (TPSA) is 38.8 Å². The van der Waals surface area contributed by atoms with E-state index in [9.17, 15) is 4.79 Å². The van der Waals surface area contributed by atoms with Gasteiger partial charge in [0.05, 0.1) is 25.2 Å². The summed E-state index contributed by atoms with van der Waals surface area (Å²) in [6.07, 6.45) is 2.78. The van der Waals surface area contributed by atoms with E-state index in [2.05, 4.69) is 30.8 Å². The Kier molecular flexibility index (Phi) is 7.36. The minimum atomic E-state index is -0.142. The lowest BCUT2D eigenvalue weighted by Gasteiger charge is -2.27. The van der Waals surface area contributed by atoms with E-state index in [1.807, 2.05) is 65.6 Å². The van der Waals surface area contributed by atoms with Crippen molar-refractivity contribution in [2.75, 3.05) is 6.54 Å². The molecule has 1 heterocycles. The minimum Gasteiger partial charge on any atom is -0.489 e. The molecular formula is C28H29NO3. The number of carbonyl (C=O) groups is 1. The Morgan fingerprint density at radius 3 is 2.09 bits per heavy atom. The summed E-state index contributed by atoms with van der Waals surface area (Å²) in [5.74, 6) is 0.954. The molecule has 3 aromatic rings. The summed E-state index contributed by atoms with van der Waals surface area (Å²) in [5.41, 5.74) is 3.40. The Bertz CT molecular complexity index is 1000. The molecule has 0 bridgehead atoms. The van der Waals surface area contributed by atoms with Crippen molar-refractivity contribution in [1.82, 2.24) is 4.90 Å². The average Bonchev–Trinajstić information content (AvgIpc) is 3.13. The van der Waals surface area contributed by atoms with Crippen LogP contribution in [0.1, 0.15) is 23.1 Å². The monoisotopic (exact) mass is 427 g/mol. The van der Waals surface area contributed by atoms with Crippen LogP contribution in [0.5, 0.6) is 5.75 Å². The first-order valence-electron chi connectivity index (χ1n) is 11.0. The highest BCUT2D eigenvalue weighted by molar-refractivity contribution is 5.80. The van der Waals surface area contributed by atoms with Crippen LogP contribution in [0.25, 0.3) is 0 Å². The van der Waals surface area contributed by atoms with Gasteiger partial charge in [0.25, 0.3) is 0 Å². The van der Waals surface area contributed by atoms with Gasteiger partial charge in [0.2, 0.25) is 5.91 Å². The van der Waals surface area contributed by atoms with Crippen molar-refractivity contribution in [2.45, 2.75) is 38.2 Å². The largest absolute Gasteiger partial charge is 0.489 e. The maximum atomic E-state index is 12.6. The Morgan fingerprint density at radius 2 is 1.47 bits per heavy atom. The number of ether oxygens (including phenoxy) is 2. The van der Waals surface area contributed by atoms with Crippen LogP contribution in [0.4, 0.5) is 0 Å². The second-order valence-corrected chi connectivity index (χ2v) is 8.06. The molecule has 1 saturated heterocycles. The van der Waals surface area contributed by atoms with Crippen LogP contribution in [0.2, 0.25) is 0 Å². The first kappa shape index (κ1) is 21.8. The molecule has 0 N–H and O–H groups in total. The second kappa shape index (κ2) is 10.8. The number of nitrogens with zero attached hydrogens (tertiary/aromatic N) is 1. The summed E-state index contributed by atoms with van der Waals surface area (Å²) in [5, 5.41) is 0. The zero-order chi connectivity index (χ0) is 22.2. The Balaban J connectivity index is 1.40. The van der Waals surface area contributed by atoms with Gasteiger partial charge in [-0.05, 0) is 35.2 Å². The van der Waals surface area contributed by atoms with E-state index >= 15 is 0 Å². The fourth-order valence-electron chi connectivity index (χ4n) is 4.08. The van der Waals surface area contributed by atoms with Crippen LogP contribution >= 0.6 is 0 Å². The molecule has 0 aliphatic carbocycles. The van der Waals surface area contributed by atoms with Crippen LogP contribution in [0, 0.1) is 0 Å². The zero-order valence-electron chi connectivity index (χ0n) is 18.2. The van der Waals surface area contributed by atoms with E-state index in [0.717, 1.165) is 28.9 Å². The van der Waals surface area contributed by atoms with Gasteiger partial charge in [-0.1, -0.05) is 78.9 Å². The van der Waals surface area contributed by atoms with E-state index in [1.165, 1.54) is 0 Å². The molecule has 4 heteroatoms. The van der Waals surface area contributed by atoms with Gasteiger partial charge < -0.3 is 14.4 Å². The lowest BCUT2D eigenvalue weighted by Crippen LogP contribution is -2.39. The summed E-state index contributed by atoms with van der Waals surface area (Å²) in [6, 6.07) is 28.3. The molecule has 0 spiro atoms. The molecule has 4 rings (SSSR count). The van der Waals surface area contributed by atoms with Crippen molar-refractivity contribution in [3.05, 3.63) is 114 Å². The predicted molar refractivity (Wildman–Crippen MR) is 126 cm³/mol. The molecule has 164 valence electrons. The van der Waals surface area contributed by atoms with Crippen LogP contribution in [0.15, 0.2) is 97.6 Å². The van der Waals surface area contributed by atoms with Gasteiger partial charge >= 0.3 is 0 Å². The van der Waals surface area contributed by atoms with Gasteiger partial charge in [-0.2, -0.15) is 0 Å². The first-order chi connectivity index (χ1) is 15.7. The molecule has 1 aliphatic heterocycles. The van der Waals surface area contributed by atoms with Gasteiger partial charge in [-0.3, -0.25) is 4.79 Å². The fourth-order valence-corrected chi connectivity index (χ4v) is 4.08. The average molecular weight is 428 g/mol. The van der Waals surface area contributed by atoms with E-state index in [0.29, 0.717) is 26.2 Å². The van der Waals surface area contributed by atoms with Crippen LogP contribution in [-0.2, 0) is 29.2 Å². The molecule has 3 aromatic carbocycles. The van der Waals surface area contributed by atoms with E-state index in [4.69, 9.17) is 9.47 Å². The normalized spacial score (nSPS) is 18.0. The van der Waals surface area contributed by atoms with Crippen molar-refractivity contribution in [3.63, 3.8) is 0 Å². The highest BCUT2D eigenvalue weighted by Gasteiger charge is 2.39. The molecule has 1 amide bonds. The minimum absolute atomic E-state index is 0.0136. The van der Waals surface area contributed by atoms with Crippen molar-refractivity contribution in [1.29, 1.82) is 0 Å². The molecule has 1 fully saturated rings. The zero-order valence-corrected chi connectivity index (χ0v) is 18.2. The summed E-state index contributed by atoms with van der Waals surface area (Å²) in [4.78, 5) is 14.5. The molecule has 4 nitrogen and oxygen atoms in total. The summed E-state index contributed by atoms with van der Waals surface area (Å²) in [7, 11) is 0. The van der Waals surface area contributed by atoms with Crippen LogP contribution < -0.4 is 4.74 Å². The Hall–Kier alpha value is -3.37. The third-order valence-electron chi connectivity index (χ3n) is 5.77. The van der Waals surface area contributed by atoms with E-state index in [-0.39, 0.29) is 18.1 Å². The highest BCUT2D eigenvalue weighted by Crippen LogP contribution is 2.27. The number of rotatable bonds is 10. The maximum Gasteiger partial charge on any atom is 0.225 e. The predicted octanol–water partition coefficient (Wildman–Crippen LogP) is 5.18. The molecule has 0 saturated carbocycles. The van der Waals surface area contributed by atoms with Crippen LogP contribution in [0.3, 0.4) is 0 Å². The van der Waals surface area contributed by atoms with Gasteiger partial charge in [0, 0.05) is 6.54 Å². The number of amides is 1. The summed E-state index contributed by atoms with van der Waals surface area (Å²) < 4.78 is 12.1. The number of hydrogen-bond acceptors (Lipinski definition) is 3. The third kappa shape index (κ3) is 5.65. The van der Waals surface area contributed by atoms with Gasteiger partial charge in [0.1, 0.15) is 12.4 Å². The third-order valence-corrected chi connectivity index (χ3v) is 5.77. The number of hydrogen-bond donors (Lipinski definition) is 0. The number of carbonyl (C=O) groups excluding carboxylic acids is 1.